The highest BCUT2D eigenvalue weighted by Crippen LogP contribution is 2.27. The Morgan fingerprint density at radius 3 is 2.65 bits per heavy atom. The Labute approximate surface area is 114 Å². The Morgan fingerprint density at radius 1 is 1.15 bits per heavy atom. The van der Waals surface area contributed by atoms with Crippen molar-refractivity contribution in [1.82, 2.24) is 20.2 Å². The van der Waals surface area contributed by atoms with E-state index in [4.69, 9.17) is 15.2 Å². The highest BCUT2D eigenvalue weighted by Gasteiger charge is 2.10. The molecule has 3 aromatic rings. The van der Waals surface area contributed by atoms with Gasteiger partial charge in [-0.1, -0.05) is 0 Å². The van der Waals surface area contributed by atoms with Gasteiger partial charge in [-0.3, -0.25) is 5.10 Å². The van der Waals surface area contributed by atoms with E-state index < -0.39 is 0 Å². The van der Waals surface area contributed by atoms with Crippen LogP contribution in [0.15, 0.2) is 30.5 Å². The molecular weight excluding hydrogens is 258 g/mol. The number of aromatic amines is 1. The fraction of sp³-hybridized carbons (Fsp3) is 0.154. The second-order valence-corrected chi connectivity index (χ2v) is 4.03. The van der Waals surface area contributed by atoms with Gasteiger partial charge in [0.05, 0.1) is 12.8 Å². The van der Waals surface area contributed by atoms with Gasteiger partial charge in [-0.25, -0.2) is 0 Å². The number of H-pyrrole nitrogens is 1. The van der Waals surface area contributed by atoms with Crippen LogP contribution in [0.5, 0.6) is 17.4 Å². The molecule has 0 aliphatic rings. The molecule has 102 valence electrons. The van der Waals surface area contributed by atoms with E-state index in [-0.39, 0.29) is 5.95 Å². The molecule has 0 aliphatic carbocycles. The van der Waals surface area contributed by atoms with Crippen LogP contribution in [0.2, 0.25) is 0 Å². The maximum atomic E-state index is 5.72. The summed E-state index contributed by atoms with van der Waals surface area (Å²) in [6.45, 7) is 2.56. The summed E-state index contributed by atoms with van der Waals surface area (Å²) in [6.07, 6.45) is 1.60. The number of rotatable bonds is 4. The number of nitrogens with one attached hydrogen (secondary N) is 1. The first kappa shape index (κ1) is 12.2. The molecular formula is C13H13N5O2. The lowest BCUT2D eigenvalue weighted by Crippen LogP contribution is -1.98. The summed E-state index contributed by atoms with van der Waals surface area (Å²) < 4.78 is 11.1. The average molecular weight is 271 g/mol. The van der Waals surface area contributed by atoms with Gasteiger partial charge in [-0.15, -0.1) is 0 Å². The van der Waals surface area contributed by atoms with Crippen molar-refractivity contribution in [2.45, 2.75) is 6.92 Å². The SMILES string of the molecule is CCOc1ccc(Oc2nc(N)nc3[nH]ncc23)cc1. The number of benzene rings is 1. The van der Waals surface area contributed by atoms with Crippen LogP contribution >= 0.6 is 0 Å². The van der Waals surface area contributed by atoms with Gasteiger partial charge in [0.15, 0.2) is 5.65 Å². The summed E-state index contributed by atoms with van der Waals surface area (Å²) in [4.78, 5) is 8.11. The Kier molecular flexibility index (Phi) is 3.08. The first-order valence-electron chi connectivity index (χ1n) is 6.13. The molecule has 0 spiro atoms. The summed E-state index contributed by atoms with van der Waals surface area (Å²) in [6, 6.07) is 7.26. The number of hydrogen-bond acceptors (Lipinski definition) is 6. The van der Waals surface area contributed by atoms with Crippen molar-refractivity contribution in [1.29, 1.82) is 0 Å². The summed E-state index contributed by atoms with van der Waals surface area (Å²) in [7, 11) is 0. The number of fused-ring (bicyclic) bond motifs is 1. The van der Waals surface area contributed by atoms with Crippen LogP contribution in [-0.2, 0) is 0 Å². The summed E-state index contributed by atoms with van der Waals surface area (Å²) in [5.74, 6) is 1.91. The quantitative estimate of drug-likeness (QED) is 0.754. The molecule has 2 aromatic heterocycles. The predicted octanol–water partition coefficient (Wildman–Crippen LogP) is 2.13. The van der Waals surface area contributed by atoms with Gasteiger partial charge >= 0.3 is 0 Å². The predicted molar refractivity (Wildman–Crippen MR) is 73.8 cm³/mol. The average Bonchev–Trinajstić information content (AvgIpc) is 2.89. The number of nitrogen functional groups attached to an aromatic ring is 1. The lowest BCUT2D eigenvalue weighted by Gasteiger charge is -2.07. The van der Waals surface area contributed by atoms with Gasteiger partial charge in [-0.05, 0) is 31.2 Å². The van der Waals surface area contributed by atoms with Gasteiger partial charge in [0.25, 0.3) is 0 Å². The maximum absolute atomic E-state index is 5.72. The molecule has 0 unspecified atom stereocenters. The molecule has 0 radical (unpaired) electrons. The monoisotopic (exact) mass is 271 g/mol. The molecule has 0 amide bonds. The Balaban J connectivity index is 1.90. The van der Waals surface area contributed by atoms with Crippen molar-refractivity contribution in [3.63, 3.8) is 0 Å². The zero-order valence-electron chi connectivity index (χ0n) is 10.8. The van der Waals surface area contributed by atoms with Gasteiger partial charge in [-0.2, -0.15) is 15.1 Å². The summed E-state index contributed by atoms with van der Waals surface area (Å²) in [5.41, 5.74) is 6.17. The van der Waals surface area contributed by atoms with E-state index in [0.29, 0.717) is 29.3 Å². The first-order valence-corrected chi connectivity index (χ1v) is 6.13. The minimum Gasteiger partial charge on any atom is -0.494 e. The van der Waals surface area contributed by atoms with E-state index in [1.54, 1.807) is 18.3 Å². The molecule has 20 heavy (non-hydrogen) atoms. The largest absolute Gasteiger partial charge is 0.494 e. The third-order valence-electron chi connectivity index (χ3n) is 2.64. The molecule has 0 atom stereocenters. The number of ether oxygens (including phenoxy) is 2. The topological polar surface area (TPSA) is 98.9 Å². The number of nitrogens with two attached hydrogens (primary N) is 1. The van der Waals surface area contributed by atoms with Gasteiger partial charge < -0.3 is 15.2 Å². The van der Waals surface area contributed by atoms with Gasteiger partial charge in [0.1, 0.15) is 16.9 Å². The molecule has 3 N–H and O–H groups in total. The van der Waals surface area contributed by atoms with Crippen LogP contribution in [0.25, 0.3) is 11.0 Å². The molecule has 0 fully saturated rings. The minimum absolute atomic E-state index is 0.127. The van der Waals surface area contributed by atoms with E-state index in [0.717, 1.165) is 5.75 Å². The van der Waals surface area contributed by atoms with Crippen LogP contribution in [-0.4, -0.2) is 26.8 Å². The molecule has 1 aromatic carbocycles. The number of hydrogen-bond donors (Lipinski definition) is 2. The lowest BCUT2D eigenvalue weighted by molar-refractivity contribution is 0.339. The van der Waals surface area contributed by atoms with Crippen LogP contribution in [0.4, 0.5) is 5.95 Å². The van der Waals surface area contributed by atoms with E-state index in [1.165, 1.54) is 0 Å². The Bertz CT molecular complexity index is 723. The van der Waals surface area contributed by atoms with E-state index >= 15 is 0 Å². The number of nitrogens with zero attached hydrogens (tertiary/aromatic N) is 3. The highest BCUT2D eigenvalue weighted by molar-refractivity contribution is 5.80. The van der Waals surface area contributed by atoms with Gasteiger partial charge in [0.2, 0.25) is 11.8 Å². The molecule has 0 bridgehead atoms. The molecule has 7 heteroatoms. The standard InChI is InChI=1S/C13H13N5O2/c1-2-19-8-3-5-9(6-4-8)20-12-10-7-15-18-11(10)16-13(14)17-12/h3-7H,2H2,1H3,(H3,14,15,16,17,18). The highest BCUT2D eigenvalue weighted by atomic mass is 16.5. The number of anilines is 1. The van der Waals surface area contributed by atoms with E-state index in [2.05, 4.69) is 20.2 Å². The molecule has 0 aliphatic heterocycles. The van der Waals surface area contributed by atoms with Crippen molar-refractivity contribution in [3.05, 3.63) is 30.5 Å². The van der Waals surface area contributed by atoms with Crippen molar-refractivity contribution in [3.8, 4) is 17.4 Å². The van der Waals surface area contributed by atoms with Crippen LogP contribution in [0.3, 0.4) is 0 Å². The van der Waals surface area contributed by atoms with Gasteiger partial charge in [0, 0.05) is 0 Å². The fourth-order valence-corrected chi connectivity index (χ4v) is 1.78. The second kappa shape index (κ2) is 5.04. The van der Waals surface area contributed by atoms with Crippen molar-refractivity contribution < 1.29 is 9.47 Å². The smallest absolute Gasteiger partial charge is 0.235 e. The zero-order chi connectivity index (χ0) is 13.9. The third kappa shape index (κ3) is 2.33. The Hall–Kier alpha value is -2.83. The summed E-state index contributed by atoms with van der Waals surface area (Å²) >= 11 is 0. The zero-order valence-corrected chi connectivity index (χ0v) is 10.8. The second-order valence-electron chi connectivity index (χ2n) is 4.03. The van der Waals surface area contributed by atoms with Crippen LogP contribution in [0.1, 0.15) is 6.92 Å². The van der Waals surface area contributed by atoms with Crippen molar-refractivity contribution in [2.24, 2.45) is 0 Å². The molecule has 7 nitrogen and oxygen atoms in total. The van der Waals surface area contributed by atoms with E-state index in [1.807, 2.05) is 19.1 Å². The number of aromatic nitrogens is 4. The summed E-state index contributed by atoms with van der Waals surface area (Å²) in [5, 5.41) is 7.31. The Morgan fingerprint density at radius 2 is 1.90 bits per heavy atom. The third-order valence-corrected chi connectivity index (χ3v) is 2.64. The van der Waals surface area contributed by atoms with Crippen molar-refractivity contribution in [2.75, 3.05) is 12.3 Å². The fourth-order valence-electron chi connectivity index (χ4n) is 1.78. The minimum atomic E-state index is 0.127. The molecule has 2 heterocycles. The lowest BCUT2D eigenvalue weighted by atomic mass is 10.3. The van der Waals surface area contributed by atoms with Crippen molar-refractivity contribution >= 4 is 17.0 Å². The normalized spacial score (nSPS) is 10.7. The van der Waals surface area contributed by atoms with Crippen LogP contribution < -0.4 is 15.2 Å². The first-order chi connectivity index (χ1) is 9.76. The van der Waals surface area contributed by atoms with E-state index in [9.17, 15) is 0 Å². The molecule has 0 saturated heterocycles. The molecule has 0 saturated carbocycles. The van der Waals surface area contributed by atoms with Crippen LogP contribution in [0, 0.1) is 0 Å². The molecule has 3 rings (SSSR count). The maximum Gasteiger partial charge on any atom is 0.235 e.